The van der Waals surface area contributed by atoms with Gasteiger partial charge in [0.05, 0.1) is 26.9 Å². The fraction of sp³-hybridized carbons (Fsp3) is 0.0714. The van der Waals surface area contributed by atoms with Gasteiger partial charge in [0.15, 0.2) is 34.8 Å². The maximum atomic E-state index is 14.0. The number of nitrogens with zero attached hydrogens (tertiary/aromatic N) is 3. The van der Waals surface area contributed by atoms with Gasteiger partial charge < -0.3 is 5.32 Å². The molecule has 2 N–H and O–H groups in total. The van der Waals surface area contributed by atoms with Gasteiger partial charge in [0, 0.05) is 17.6 Å². The van der Waals surface area contributed by atoms with E-state index in [0.717, 1.165) is 0 Å². The second-order valence-corrected chi connectivity index (χ2v) is 9.98. The summed E-state index contributed by atoms with van der Waals surface area (Å²) in [5.41, 5.74) is -2.80. The molecule has 0 unspecified atom stereocenters. The standard InChI is InChI=1S/C28H13Cl2F8N5O3/c29-15-6-3-7-39-25(15)43-16(9-17(41-43)28(36,37)38)27(45)40-24-13(8-11-4-1-2-5-12(11)18(24)30)26(44)42-46-10-14-19(31)21(33)23(35)22(34)20(14)32/h1-9H,10H2,(H,40,45)(H,42,44). The lowest BCUT2D eigenvalue weighted by molar-refractivity contribution is -0.141. The molecule has 0 aliphatic rings. The van der Waals surface area contributed by atoms with Crippen molar-refractivity contribution in [3.63, 3.8) is 0 Å². The number of benzene rings is 3. The summed E-state index contributed by atoms with van der Waals surface area (Å²) in [5, 5.41) is 5.84. The normalized spacial score (nSPS) is 11.6. The highest BCUT2D eigenvalue weighted by molar-refractivity contribution is 6.40. The first kappa shape index (κ1) is 32.6. The van der Waals surface area contributed by atoms with Gasteiger partial charge in [-0.05, 0) is 23.6 Å². The monoisotopic (exact) mass is 689 g/mol. The molecule has 0 radical (unpaired) electrons. The number of carbonyl (C=O) groups is 2. The predicted octanol–water partition coefficient (Wildman–Crippen LogP) is 7.56. The number of hydrogen-bond acceptors (Lipinski definition) is 5. The third kappa shape index (κ3) is 6.05. The van der Waals surface area contributed by atoms with E-state index in [2.05, 4.69) is 15.4 Å². The Morgan fingerprint density at radius 3 is 2.17 bits per heavy atom. The summed E-state index contributed by atoms with van der Waals surface area (Å²) in [6.07, 6.45) is -3.81. The van der Waals surface area contributed by atoms with Crippen molar-refractivity contribution in [1.29, 1.82) is 0 Å². The summed E-state index contributed by atoms with van der Waals surface area (Å²) >= 11 is 12.6. The summed E-state index contributed by atoms with van der Waals surface area (Å²) in [5.74, 6) is -14.1. The SMILES string of the molecule is O=C(NOCc1c(F)c(F)c(F)c(F)c1F)c1cc2ccccc2c(Cl)c1NC(=O)c1cc(C(F)(F)F)nn1-c1ncccc1Cl. The molecule has 5 rings (SSSR count). The van der Waals surface area contributed by atoms with Gasteiger partial charge in [-0.3, -0.25) is 14.4 Å². The van der Waals surface area contributed by atoms with Gasteiger partial charge in [-0.25, -0.2) is 37.1 Å². The molecule has 5 aromatic rings. The maximum Gasteiger partial charge on any atom is 0.435 e. The Morgan fingerprint density at radius 2 is 1.52 bits per heavy atom. The third-order valence-electron chi connectivity index (χ3n) is 6.32. The van der Waals surface area contributed by atoms with Crippen LogP contribution < -0.4 is 10.8 Å². The van der Waals surface area contributed by atoms with Crippen LogP contribution in [0.15, 0.2) is 54.7 Å². The average molecular weight is 690 g/mol. The number of hydrogen-bond donors (Lipinski definition) is 2. The average Bonchev–Trinajstić information content (AvgIpc) is 3.48. The Morgan fingerprint density at radius 1 is 0.870 bits per heavy atom. The van der Waals surface area contributed by atoms with Crippen molar-refractivity contribution in [2.75, 3.05) is 5.32 Å². The van der Waals surface area contributed by atoms with Crippen molar-refractivity contribution < 1.29 is 49.5 Å². The molecular weight excluding hydrogens is 677 g/mol. The molecule has 18 heteroatoms. The largest absolute Gasteiger partial charge is 0.435 e. The van der Waals surface area contributed by atoms with Gasteiger partial charge in [-0.1, -0.05) is 47.5 Å². The number of hydroxylamine groups is 1. The van der Waals surface area contributed by atoms with E-state index in [1.165, 1.54) is 36.5 Å². The lowest BCUT2D eigenvalue weighted by Crippen LogP contribution is -2.27. The number of pyridine rings is 1. The molecule has 0 aliphatic carbocycles. The number of nitrogens with one attached hydrogen (secondary N) is 2. The number of halogens is 10. The number of alkyl halides is 3. The number of amides is 2. The summed E-state index contributed by atoms with van der Waals surface area (Å²) in [6.45, 7) is -1.33. The van der Waals surface area contributed by atoms with E-state index in [9.17, 15) is 44.7 Å². The van der Waals surface area contributed by atoms with Crippen molar-refractivity contribution in [2.45, 2.75) is 12.8 Å². The van der Waals surface area contributed by atoms with Gasteiger partial charge in [0.2, 0.25) is 5.82 Å². The summed E-state index contributed by atoms with van der Waals surface area (Å²) in [4.78, 5) is 35.2. The van der Waals surface area contributed by atoms with Crippen molar-refractivity contribution in [3.05, 3.63) is 116 Å². The van der Waals surface area contributed by atoms with E-state index >= 15 is 0 Å². The minimum absolute atomic E-state index is 0.164. The molecule has 0 aliphatic heterocycles. The molecule has 0 spiro atoms. The van der Waals surface area contributed by atoms with E-state index in [1.807, 2.05) is 0 Å². The summed E-state index contributed by atoms with van der Waals surface area (Å²) in [6, 6.07) is 10.4. The molecule has 0 atom stereocenters. The molecule has 0 fully saturated rings. The van der Waals surface area contributed by atoms with Gasteiger partial charge in [0.25, 0.3) is 11.8 Å². The number of fused-ring (bicyclic) bond motifs is 1. The van der Waals surface area contributed by atoms with Crippen molar-refractivity contribution in [1.82, 2.24) is 20.2 Å². The zero-order valence-corrected chi connectivity index (χ0v) is 23.8. The van der Waals surface area contributed by atoms with Crippen molar-refractivity contribution in [2.24, 2.45) is 0 Å². The smallest absolute Gasteiger partial charge is 0.319 e. The van der Waals surface area contributed by atoms with Crippen LogP contribution in [-0.2, 0) is 17.6 Å². The van der Waals surface area contributed by atoms with E-state index < -0.39 is 81.9 Å². The van der Waals surface area contributed by atoms with E-state index in [-0.39, 0.29) is 21.2 Å². The topological polar surface area (TPSA) is 98.1 Å². The summed E-state index contributed by atoms with van der Waals surface area (Å²) < 4.78 is 110. The van der Waals surface area contributed by atoms with Gasteiger partial charge in [-0.15, -0.1) is 0 Å². The molecule has 3 aromatic carbocycles. The second kappa shape index (κ2) is 12.5. The van der Waals surface area contributed by atoms with Crippen LogP contribution in [0.3, 0.4) is 0 Å². The molecule has 0 bridgehead atoms. The van der Waals surface area contributed by atoms with Gasteiger partial charge in [-0.2, -0.15) is 18.3 Å². The van der Waals surface area contributed by atoms with Crippen LogP contribution in [0.25, 0.3) is 16.6 Å². The molecule has 238 valence electrons. The van der Waals surface area contributed by atoms with Gasteiger partial charge in [0.1, 0.15) is 12.3 Å². The number of anilines is 1. The Labute approximate surface area is 261 Å². The molecule has 46 heavy (non-hydrogen) atoms. The highest BCUT2D eigenvalue weighted by atomic mass is 35.5. The summed E-state index contributed by atoms with van der Waals surface area (Å²) in [7, 11) is 0. The number of aromatic nitrogens is 3. The first-order valence-electron chi connectivity index (χ1n) is 12.4. The molecule has 0 saturated carbocycles. The van der Waals surface area contributed by atoms with Crippen LogP contribution >= 0.6 is 23.2 Å². The highest BCUT2D eigenvalue weighted by Gasteiger charge is 2.37. The number of rotatable bonds is 7. The second-order valence-electron chi connectivity index (χ2n) is 9.19. The van der Waals surface area contributed by atoms with E-state index in [0.29, 0.717) is 16.1 Å². The van der Waals surface area contributed by atoms with Crippen LogP contribution in [0.2, 0.25) is 10.0 Å². The first-order chi connectivity index (χ1) is 21.7. The predicted molar refractivity (Wildman–Crippen MR) is 147 cm³/mol. The lowest BCUT2D eigenvalue weighted by Gasteiger charge is -2.16. The van der Waals surface area contributed by atoms with Crippen LogP contribution in [0, 0.1) is 29.1 Å². The molecule has 2 heterocycles. The molecule has 0 saturated heterocycles. The Kier molecular flexibility index (Phi) is 8.88. The maximum absolute atomic E-state index is 14.0. The minimum atomic E-state index is -5.00. The quantitative estimate of drug-likeness (QED) is 0.0796. The van der Waals surface area contributed by atoms with Crippen molar-refractivity contribution in [3.8, 4) is 5.82 Å². The highest BCUT2D eigenvalue weighted by Crippen LogP contribution is 2.36. The fourth-order valence-electron chi connectivity index (χ4n) is 4.16. The number of carbonyl (C=O) groups excluding carboxylic acids is 2. The van der Waals surface area contributed by atoms with Crippen LogP contribution in [0.5, 0.6) is 0 Å². The van der Waals surface area contributed by atoms with Crippen LogP contribution in [-0.4, -0.2) is 26.6 Å². The lowest BCUT2D eigenvalue weighted by atomic mass is 10.0. The Bertz CT molecular complexity index is 2010. The zero-order chi connectivity index (χ0) is 33.5. The fourth-order valence-corrected chi connectivity index (χ4v) is 4.69. The van der Waals surface area contributed by atoms with Gasteiger partial charge >= 0.3 is 6.18 Å². The Balaban J connectivity index is 1.51. The third-order valence-corrected chi connectivity index (χ3v) is 7.01. The molecule has 8 nitrogen and oxygen atoms in total. The van der Waals surface area contributed by atoms with Crippen molar-refractivity contribution >= 4 is 51.5 Å². The van der Waals surface area contributed by atoms with Crippen LogP contribution in [0.1, 0.15) is 32.1 Å². The molecule has 2 amide bonds. The molecule has 2 aromatic heterocycles. The minimum Gasteiger partial charge on any atom is -0.319 e. The molecular formula is C28H13Cl2F8N5O3. The van der Waals surface area contributed by atoms with Crippen LogP contribution in [0.4, 0.5) is 40.8 Å². The Hall–Kier alpha value is -4.80. The first-order valence-corrected chi connectivity index (χ1v) is 13.2. The van der Waals surface area contributed by atoms with E-state index in [4.69, 9.17) is 28.0 Å². The van der Waals surface area contributed by atoms with E-state index in [1.54, 1.807) is 17.6 Å². The zero-order valence-electron chi connectivity index (χ0n) is 22.2.